The smallest absolute Gasteiger partial charge is 0.335 e. The van der Waals surface area contributed by atoms with Crippen LogP contribution in [0.3, 0.4) is 0 Å². The van der Waals surface area contributed by atoms with Crippen molar-refractivity contribution in [3.8, 4) is 0 Å². The second-order valence-electron chi connectivity index (χ2n) is 5.48. The van der Waals surface area contributed by atoms with Crippen molar-refractivity contribution in [2.75, 3.05) is 13.2 Å². The Morgan fingerprint density at radius 3 is 2.26 bits per heavy atom. The molecule has 0 spiro atoms. The maximum absolute atomic E-state index is 12.3. The molecule has 104 valence electrons. The molecule has 0 radical (unpaired) electrons. The summed E-state index contributed by atoms with van der Waals surface area (Å²) in [5.74, 6) is -0.981. The van der Waals surface area contributed by atoms with Gasteiger partial charge in [0.15, 0.2) is 0 Å². The van der Waals surface area contributed by atoms with Gasteiger partial charge in [-0.25, -0.2) is 4.79 Å². The Morgan fingerprint density at radius 2 is 1.79 bits per heavy atom. The summed E-state index contributed by atoms with van der Waals surface area (Å²) in [7, 11) is -3.10. The van der Waals surface area contributed by atoms with Crippen LogP contribution in [0.2, 0.25) is 0 Å². The zero-order valence-corrected chi connectivity index (χ0v) is 11.9. The molecule has 1 aromatic rings. The maximum atomic E-state index is 12.3. The van der Waals surface area contributed by atoms with Crippen LogP contribution in [-0.2, 0) is 19.8 Å². The van der Waals surface area contributed by atoms with Crippen molar-refractivity contribution in [2.45, 2.75) is 20.0 Å². The summed E-state index contributed by atoms with van der Waals surface area (Å²) in [5, 5.41) is 8.80. The summed E-state index contributed by atoms with van der Waals surface area (Å²) in [6.45, 7) is 4.77. The lowest BCUT2D eigenvalue weighted by atomic mass is 9.97. The van der Waals surface area contributed by atoms with Crippen LogP contribution in [0.1, 0.15) is 29.8 Å². The van der Waals surface area contributed by atoms with Crippen molar-refractivity contribution < 1.29 is 23.5 Å². The number of carbonyl (C=O) groups is 1. The number of aromatic carboxylic acids is 1. The molecule has 2 rings (SSSR count). The predicted molar refractivity (Wildman–Crippen MR) is 70.4 cm³/mol. The molecule has 1 aliphatic rings. The largest absolute Gasteiger partial charge is 0.478 e. The van der Waals surface area contributed by atoms with Gasteiger partial charge in [0.1, 0.15) is 0 Å². The molecule has 6 heteroatoms. The van der Waals surface area contributed by atoms with Crippen molar-refractivity contribution in [3.63, 3.8) is 0 Å². The Hall–Kier alpha value is -1.16. The average Bonchev–Trinajstić information content (AvgIpc) is 2.34. The summed E-state index contributed by atoms with van der Waals surface area (Å²) in [5.41, 5.74) is 0.822. The van der Waals surface area contributed by atoms with Crippen molar-refractivity contribution in [1.82, 2.24) is 0 Å². The van der Waals surface area contributed by atoms with Gasteiger partial charge in [-0.1, -0.05) is 26.0 Å². The van der Waals surface area contributed by atoms with Crippen LogP contribution in [0.15, 0.2) is 24.3 Å². The lowest BCUT2D eigenvalue weighted by Crippen LogP contribution is -2.29. The molecular formula is C13H17O5P. The van der Waals surface area contributed by atoms with Gasteiger partial charge in [0, 0.05) is 5.41 Å². The molecule has 1 aromatic carbocycles. The minimum absolute atomic E-state index is 0.124. The van der Waals surface area contributed by atoms with Crippen molar-refractivity contribution in [2.24, 2.45) is 5.41 Å². The van der Waals surface area contributed by atoms with Crippen LogP contribution in [0.4, 0.5) is 0 Å². The zero-order chi connectivity index (χ0) is 14.1. The number of carboxylic acid groups (broad SMARTS) is 1. The van der Waals surface area contributed by atoms with Gasteiger partial charge in [-0.15, -0.1) is 0 Å². The third-order valence-electron chi connectivity index (χ3n) is 2.88. The molecule has 0 aliphatic carbocycles. The van der Waals surface area contributed by atoms with E-state index in [2.05, 4.69) is 0 Å². The summed E-state index contributed by atoms with van der Waals surface area (Å²) in [6, 6.07) is 6.24. The maximum Gasteiger partial charge on any atom is 0.335 e. The summed E-state index contributed by atoms with van der Waals surface area (Å²) >= 11 is 0. The van der Waals surface area contributed by atoms with Crippen molar-refractivity contribution in [1.29, 1.82) is 0 Å². The van der Waals surface area contributed by atoms with E-state index in [1.807, 2.05) is 13.8 Å². The van der Waals surface area contributed by atoms with E-state index in [0.717, 1.165) is 5.56 Å². The molecule has 1 saturated heterocycles. The fourth-order valence-corrected chi connectivity index (χ4v) is 3.70. The second kappa shape index (κ2) is 5.08. The molecule has 1 heterocycles. The Bertz CT molecular complexity index is 506. The van der Waals surface area contributed by atoms with Crippen LogP contribution in [0, 0.1) is 5.41 Å². The SMILES string of the molecule is CC1(C)COP(=O)(Cc2ccc(C(=O)O)cc2)OC1. The van der Waals surface area contributed by atoms with Gasteiger partial charge in [0.25, 0.3) is 0 Å². The molecule has 19 heavy (non-hydrogen) atoms. The van der Waals surface area contributed by atoms with E-state index in [1.54, 1.807) is 12.1 Å². The fourth-order valence-electron chi connectivity index (χ4n) is 1.69. The number of hydrogen-bond acceptors (Lipinski definition) is 4. The topological polar surface area (TPSA) is 72.8 Å². The molecule has 5 nitrogen and oxygen atoms in total. The van der Waals surface area contributed by atoms with Crippen molar-refractivity contribution >= 4 is 13.6 Å². The number of hydrogen-bond donors (Lipinski definition) is 1. The van der Waals surface area contributed by atoms with Crippen LogP contribution >= 0.6 is 7.60 Å². The molecule has 0 atom stereocenters. The van der Waals surface area contributed by atoms with E-state index < -0.39 is 13.6 Å². The standard InChI is InChI=1S/C13H17O5P/c1-13(2)8-17-19(16,18-9-13)7-10-3-5-11(6-4-10)12(14)15/h3-6H,7-9H2,1-2H3,(H,14,15). The summed E-state index contributed by atoms with van der Waals surface area (Å²) in [4.78, 5) is 10.7. The lowest BCUT2D eigenvalue weighted by molar-refractivity contribution is 0.0409. The molecule has 1 fully saturated rings. The molecule has 0 saturated carbocycles. The fraction of sp³-hybridized carbons (Fsp3) is 0.462. The molecule has 0 unspecified atom stereocenters. The quantitative estimate of drug-likeness (QED) is 0.863. The predicted octanol–water partition coefficient (Wildman–Crippen LogP) is 3.15. The van der Waals surface area contributed by atoms with Gasteiger partial charge in [-0.05, 0) is 17.7 Å². The first-order valence-electron chi connectivity index (χ1n) is 6.00. The zero-order valence-electron chi connectivity index (χ0n) is 11.0. The van der Waals surface area contributed by atoms with Gasteiger partial charge >= 0.3 is 13.6 Å². The average molecular weight is 284 g/mol. The Kier molecular flexibility index (Phi) is 3.81. The number of carboxylic acids is 1. The highest BCUT2D eigenvalue weighted by Crippen LogP contribution is 2.56. The van der Waals surface area contributed by atoms with E-state index in [-0.39, 0.29) is 17.1 Å². The highest BCUT2D eigenvalue weighted by atomic mass is 31.2. The van der Waals surface area contributed by atoms with E-state index in [9.17, 15) is 9.36 Å². The molecule has 0 bridgehead atoms. The van der Waals surface area contributed by atoms with Crippen LogP contribution in [0.5, 0.6) is 0 Å². The van der Waals surface area contributed by atoms with Crippen LogP contribution in [0.25, 0.3) is 0 Å². The van der Waals surface area contributed by atoms with E-state index in [1.165, 1.54) is 12.1 Å². The van der Waals surface area contributed by atoms with Crippen LogP contribution < -0.4 is 0 Å². The Labute approximate surface area is 112 Å². The highest BCUT2D eigenvalue weighted by molar-refractivity contribution is 7.53. The Morgan fingerprint density at radius 1 is 1.26 bits per heavy atom. The first-order chi connectivity index (χ1) is 8.80. The molecule has 1 N–H and O–H groups in total. The Balaban J connectivity index is 2.05. The minimum Gasteiger partial charge on any atom is -0.478 e. The van der Waals surface area contributed by atoms with Crippen molar-refractivity contribution in [3.05, 3.63) is 35.4 Å². The number of benzene rings is 1. The monoisotopic (exact) mass is 284 g/mol. The minimum atomic E-state index is -3.10. The third kappa shape index (κ3) is 3.66. The lowest BCUT2D eigenvalue weighted by Gasteiger charge is -2.34. The highest BCUT2D eigenvalue weighted by Gasteiger charge is 2.36. The third-order valence-corrected chi connectivity index (χ3v) is 4.68. The normalized spacial score (nSPS) is 20.9. The number of rotatable bonds is 3. The van der Waals surface area contributed by atoms with Gasteiger partial charge < -0.3 is 14.2 Å². The summed E-state index contributed by atoms with van der Waals surface area (Å²) < 4.78 is 23.1. The van der Waals surface area contributed by atoms with Gasteiger partial charge in [0.05, 0.1) is 24.9 Å². The molecule has 0 aromatic heterocycles. The molecular weight excluding hydrogens is 267 g/mol. The van der Waals surface area contributed by atoms with Crippen LogP contribution in [-0.4, -0.2) is 24.3 Å². The van der Waals surface area contributed by atoms with Gasteiger partial charge in [-0.3, -0.25) is 4.57 Å². The van der Waals surface area contributed by atoms with E-state index >= 15 is 0 Å². The van der Waals surface area contributed by atoms with Gasteiger partial charge in [-0.2, -0.15) is 0 Å². The second-order valence-corrected chi connectivity index (χ2v) is 7.54. The molecule has 0 amide bonds. The van der Waals surface area contributed by atoms with Gasteiger partial charge in [0.2, 0.25) is 0 Å². The first-order valence-corrected chi connectivity index (χ1v) is 7.73. The summed E-state index contributed by atoms with van der Waals surface area (Å²) in [6.07, 6.45) is 0.170. The molecule has 1 aliphatic heterocycles. The van der Waals surface area contributed by atoms with E-state index in [0.29, 0.717) is 13.2 Å². The van der Waals surface area contributed by atoms with E-state index in [4.69, 9.17) is 14.2 Å². The first kappa shape index (κ1) is 14.3.